The number of benzene rings is 2. The van der Waals surface area contributed by atoms with E-state index in [1.165, 1.54) is 18.2 Å². The number of nitrogens with one attached hydrogen (secondary N) is 1. The average molecular weight is 414 g/mol. The molecule has 0 aromatic heterocycles. The molecular weight excluding hydrogens is 386 g/mol. The van der Waals surface area contributed by atoms with Crippen LogP contribution in [-0.2, 0) is 4.79 Å². The molecule has 1 aliphatic heterocycles. The molecule has 154 valence electrons. The van der Waals surface area contributed by atoms with Gasteiger partial charge in [-0.25, -0.2) is 4.99 Å². The molecule has 0 unspecified atom stereocenters. The lowest BCUT2D eigenvalue weighted by Gasteiger charge is -2.29. The van der Waals surface area contributed by atoms with Crippen molar-refractivity contribution < 1.29 is 14.3 Å². The highest BCUT2D eigenvalue weighted by molar-refractivity contribution is 8.14. The van der Waals surface area contributed by atoms with E-state index in [4.69, 9.17) is 14.5 Å². The normalized spacial score (nSPS) is 14.4. The number of thioether (sulfide) groups is 1. The van der Waals surface area contributed by atoms with Crippen LogP contribution >= 0.6 is 11.8 Å². The van der Waals surface area contributed by atoms with Crippen molar-refractivity contribution in [3.8, 4) is 11.5 Å². The van der Waals surface area contributed by atoms with Crippen LogP contribution in [0.25, 0.3) is 0 Å². The molecule has 0 saturated carbocycles. The monoisotopic (exact) mass is 413 g/mol. The van der Waals surface area contributed by atoms with E-state index in [1.54, 1.807) is 32.4 Å². The van der Waals surface area contributed by atoms with Crippen molar-refractivity contribution in [3.05, 3.63) is 48.5 Å². The summed E-state index contributed by atoms with van der Waals surface area (Å²) in [4.78, 5) is 19.6. The van der Waals surface area contributed by atoms with Crippen LogP contribution in [0.4, 0.5) is 11.4 Å². The van der Waals surface area contributed by atoms with E-state index in [0.29, 0.717) is 17.2 Å². The van der Waals surface area contributed by atoms with Gasteiger partial charge >= 0.3 is 0 Å². The number of nitrogens with zero attached hydrogens (tertiary/aromatic N) is 2. The van der Waals surface area contributed by atoms with Crippen LogP contribution in [0.2, 0.25) is 0 Å². The predicted octanol–water partition coefficient (Wildman–Crippen LogP) is 4.55. The Labute approximate surface area is 176 Å². The fourth-order valence-electron chi connectivity index (χ4n) is 3.13. The Hall–Kier alpha value is -2.67. The molecule has 2 aromatic rings. The third-order valence-electron chi connectivity index (χ3n) is 4.61. The lowest BCUT2D eigenvalue weighted by atomic mass is 10.1. The Balaban J connectivity index is 1.65. The fourth-order valence-corrected chi connectivity index (χ4v) is 4.00. The van der Waals surface area contributed by atoms with Crippen molar-refractivity contribution in [1.82, 2.24) is 4.90 Å². The molecule has 3 rings (SSSR count). The number of aliphatic imine (C=N–C) groups is 1. The van der Waals surface area contributed by atoms with Crippen molar-refractivity contribution in [3.63, 3.8) is 0 Å². The van der Waals surface area contributed by atoms with Crippen LogP contribution in [0.1, 0.15) is 19.3 Å². The number of anilines is 1. The lowest BCUT2D eigenvalue weighted by molar-refractivity contribution is -0.113. The molecule has 0 aliphatic carbocycles. The minimum atomic E-state index is -0.0833. The summed E-state index contributed by atoms with van der Waals surface area (Å²) in [5, 5.41) is 3.82. The molecule has 2 aromatic carbocycles. The topological polar surface area (TPSA) is 63.2 Å². The Bertz CT molecular complexity index is 836. The SMILES string of the molecule is COc1ccc(NC(=O)CSC(=Nc2ccccc2)N2CCCCC2)cc1OC. The van der Waals surface area contributed by atoms with Gasteiger partial charge in [0.1, 0.15) is 0 Å². The van der Waals surface area contributed by atoms with Gasteiger partial charge in [0, 0.05) is 24.8 Å². The van der Waals surface area contributed by atoms with Gasteiger partial charge in [-0.05, 0) is 43.5 Å². The maximum Gasteiger partial charge on any atom is 0.234 e. The summed E-state index contributed by atoms with van der Waals surface area (Å²) in [5.41, 5.74) is 1.58. The number of hydrogen-bond acceptors (Lipinski definition) is 5. The Morgan fingerprint density at radius 3 is 2.45 bits per heavy atom. The Morgan fingerprint density at radius 2 is 1.76 bits per heavy atom. The highest BCUT2D eigenvalue weighted by atomic mass is 32.2. The zero-order valence-electron chi connectivity index (χ0n) is 16.9. The number of likely N-dealkylation sites (tertiary alicyclic amines) is 1. The zero-order chi connectivity index (χ0) is 20.5. The summed E-state index contributed by atoms with van der Waals surface area (Å²) in [6.07, 6.45) is 3.57. The van der Waals surface area contributed by atoms with Crippen LogP contribution in [-0.4, -0.2) is 49.0 Å². The van der Waals surface area contributed by atoms with Crippen LogP contribution < -0.4 is 14.8 Å². The van der Waals surface area contributed by atoms with Crippen LogP contribution in [0.15, 0.2) is 53.5 Å². The number of carbonyl (C=O) groups is 1. The van der Waals surface area contributed by atoms with Gasteiger partial charge in [0.15, 0.2) is 16.7 Å². The average Bonchev–Trinajstić information content (AvgIpc) is 2.77. The van der Waals surface area contributed by atoms with Gasteiger partial charge in [-0.3, -0.25) is 4.79 Å². The minimum Gasteiger partial charge on any atom is -0.493 e. The number of amidine groups is 1. The molecule has 0 atom stereocenters. The summed E-state index contributed by atoms with van der Waals surface area (Å²) in [6.45, 7) is 1.96. The molecule has 1 amide bonds. The van der Waals surface area contributed by atoms with E-state index in [-0.39, 0.29) is 11.7 Å². The van der Waals surface area contributed by atoms with E-state index in [9.17, 15) is 4.79 Å². The number of amides is 1. The third kappa shape index (κ3) is 6.15. The highest BCUT2D eigenvalue weighted by Gasteiger charge is 2.17. The number of rotatable bonds is 6. The summed E-state index contributed by atoms with van der Waals surface area (Å²) in [5.74, 6) is 1.41. The fraction of sp³-hybridized carbons (Fsp3) is 0.364. The first kappa shape index (κ1) is 21.0. The summed E-state index contributed by atoms with van der Waals surface area (Å²) in [6, 6.07) is 15.2. The highest BCUT2D eigenvalue weighted by Crippen LogP contribution is 2.30. The van der Waals surface area contributed by atoms with Crippen molar-refractivity contribution >= 4 is 34.2 Å². The minimum absolute atomic E-state index is 0.0833. The lowest BCUT2D eigenvalue weighted by Crippen LogP contribution is -2.34. The molecule has 7 heteroatoms. The molecule has 1 heterocycles. The second-order valence-electron chi connectivity index (χ2n) is 6.68. The predicted molar refractivity (Wildman–Crippen MR) is 120 cm³/mol. The number of para-hydroxylation sites is 1. The largest absolute Gasteiger partial charge is 0.493 e. The molecular formula is C22H27N3O3S. The Morgan fingerprint density at radius 1 is 1.03 bits per heavy atom. The molecule has 29 heavy (non-hydrogen) atoms. The van der Waals surface area contributed by atoms with Gasteiger partial charge in [-0.2, -0.15) is 0 Å². The molecule has 1 fully saturated rings. The number of carbonyl (C=O) groups excluding carboxylic acids is 1. The number of hydrogen-bond donors (Lipinski definition) is 1. The van der Waals surface area contributed by atoms with E-state index in [1.807, 2.05) is 30.3 Å². The maximum absolute atomic E-state index is 12.5. The van der Waals surface area contributed by atoms with Gasteiger partial charge in [-0.1, -0.05) is 30.0 Å². The van der Waals surface area contributed by atoms with Crippen LogP contribution in [0.5, 0.6) is 11.5 Å². The van der Waals surface area contributed by atoms with Crippen LogP contribution in [0, 0.1) is 0 Å². The maximum atomic E-state index is 12.5. The van der Waals surface area contributed by atoms with Gasteiger partial charge in [0.2, 0.25) is 5.91 Å². The standard InChI is InChI=1S/C22H27N3O3S/c1-27-19-12-11-18(15-20(19)28-2)23-21(26)16-29-22(25-13-7-4-8-14-25)24-17-9-5-3-6-10-17/h3,5-6,9-12,15H,4,7-8,13-14,16H2,1-2H3,(H,23,26). The molecule has 1 aliphatic rings. The van der Waals surface area contributed by atoms with Crippen molar-refractivity contribution in [2.75, 3.05) is 38.4 Å². The van der Waals surface area contributed by atoms with Gasteiger partial charge in [0.05, 0.1) is 25.7 Å². The molecule has 1 saturated heterocycles. The first-order valence-electron chi connectivity index (χ1n) is 9.73. The second kappa shape index (κ2) is 10.8. The third-order valence-corrected chi connectivity index (χ3v) is 5.62. The van der Waals surface area contributed by atoms with Gasteiger partial charge in [-0.15, -0.1) is 0 Å². The molecule has 0 radical (unpaired) electrons. The molecule has 0 bridgehead atoms. The first-order valence-corrected chi connectivity index (χ1v) is 10.7. The smallest absolute Gasteiger partial charge is 0.234 e. The zero-order valence-corrected chi connectivity index (χ0v) is 17.7. The molecule has 6 nitrogen and oxygen atoms in total. The van der Waals surface area contributed by atoms with E-state index >= 15 is 0 Å². The van der Waals surface area contributed by atoms with Crippen molar-refractivity contribution in [1.29, 1.82) is 0 Å². The summed E-state index contributed by atoms with van der Waals surface area (Å²) < 4.78 is 10.5. The van der Waals surface area contributed by atoms with Gasteiger partial charge in [0.25, 0.3) is 0 Å². The first-order chi connectivity index (χ1) is 14.2. The summed E-state index contributed by atoms with van der Waals surface area (Å²) in [7, 11) is 3.16. The Kier molecular flexibility index (Phi) is 7.81. The number of methoxy groups -OCH3 is 2. The second-order valence-corrected chi connectivity index (χ2v) is 7.63. The number of ether oxygens (including phenoxy) is 2. The quantitative estimate of drug-likeness (QED) is 0.556. The number of piperidine rings is 1. The van der Waals surface area contributed by atoms with Gasteiger partial charge < -0.3 is 19.7 Å². The van der Waals surface area contributed by atoms with E-state index < -0.39 is 0 Å². The van der Waals surface area contributed by atoms with Crippen LogP contribution in [0.3, 0.4) is 0 Å². The van der Waals surface area contributed by atoms with E-state index in [0.717, 1.165) is 36.8 Å². The van der Waals surface area contributed by atoms with E-state index in [2.05, 4.69) is 10.2 Å². The summed E-state index contributed by atoms with van der Waals surface area (Å²) >= 11 is 1.48. The molecule has 1 N–H and O–H groups in total. The van der Waals surface area contributed by atoms with Crippen molar-refractivity contribution in [2.45, 2.75) is 19.3 Å². The van der Waals surface area contributed by atoms with Crippen molar-refractivity contribution in [2.24, 2.45) is 4.99 Å². The molecule has 0 spiro atoms.